The van der Waals surface area contributed by atoms with Crippen LogP contribution in [-0.4, -0.2) is 28.3 Å². The Morgan fingerprint density at radius 2 is 2.10 bits per heavy atom. The van der Waals surface area contributed by atoms with E-state index in [1.54, 1.807) is 13.3 Å². The van der Waals surface area contributed by atoms with Crippen LogP contribution in [0.15, 0.2) is 49.1 Å². The van der Waals surface area contributed by atoms with E-state index in [1.807, 2.05) is 41.3 Å². The van der Waals surface area contributed by atoms with Gasteiger partial charge < -0.3 is 10.1 Å². The maximum atomic E-state index is 5.50. The van der Waals surface area contributed by atoms with Crippen molar-refractivity contribution in [3.05, 3.63) is 60.2 Å². The molecule has 1 unspecified atom stereocenters. The number of benzene rings is 1. The summed E-state index contributed by atoms with van der Waals surface area (Å²) in [7, 11) is 1.69. The molecular formula is C16H18N4O. The quantitative estimate of drug-likeness (QED) is 0.781. The zero-order valence-electron chi connectivity index (χ0n) is 12.2. The predicted octanol–water partition coefficient (Wildman–Crippen LogP) is 2.44. The molecule has 1 N–H and O–H groups in total. The van der Waals surface area contributed by atoms with Gasteiger partial charge in [0.1, 0.15) is 5.75 Å². The van der Waals surface area contributed by atoms with Crippen molar-refractivity contribution in [2.45, 2.75) is 13.0 Å². The number of methoxy groups -OCH3 is 1. The van der Waals surface area contributed by atoms with Gasteiger partial charge in [-0.25, -0.2) is 4.52 Å². The Kier molecular flexibility index (Phi) is 3.83. The Morgan fingerprint density at radius 1 is 1.24 bits per heavy atom. The van der Waals surface area contributed by atoms with Crippen LogP contribution >= 0.6 is 0 Å². The molecule has 0 aliphatic rings. The second-order valence-electron chi connectivity index (χ2n) is 4.74. The zero-order valence-corrected chi connectivity index (χ0v) is 12.2. The van der Waals surface area contributed by atoms with Crippen LogP contribution < -0.4 is 10.1 Å². The van der Waals surface area contributed by atoms with Crippen molar-refractivity contribution in [2.24, 2.45) is 0 Å². The fraction of sp³-hybridized carbons (Fsp3) is 0.250. The first-order valence-corrected chi connectivity index (χ1v) is 6.98. The topological polar surface area (TPSA) is 51.5 Å². The molecule has 1 atom stereocenters. The molecule has 1 aromatic carbocycles. The summed E-state index contributed by atoms with van der Waals surface area (Å²) < 4.78 is 7.34. The number of fused-ring (bicyclic) bond motifs is 1. The summed E-state index contributed by atoms with van der Waals surface area (Å²) in [6.07, 6.45) is 7.30. The minimum Gasteiger partial charge on any atom is -0.496 e. The van der Waals surface area contributed by atoms with Gasteiger partial charge in [0.15, 0.2) is 0 Å². The third-order valence-electron chi connectivity index (χ3n) is 3.52. The fourth-order valence-electron chi connectivity index (χ4n) is 2.57. The molecule has 0 fully saturated rings. The highest BCUT2D eigenvalue weighted by Crippen LogP contribution is 2.31. The molecule has 0 amide bonds. The van der Waals surface area contributed by atoms with Crippen molar-refractivity contribution >= 4 is 5.52 Å². The minimum absolute atomic E-state index is 0.0212. The van der Waals surface area contributed by atoms with E-state index in [9.17, 15) is 0 Å². The number of hydrogen-bond donors (Lipinski definition) is 1. The van der Waals surface area contributed by atoms with E-state index < -0.39 is 0 Å². The number of nitrogens with one attached hydrogen (secondary N) is 1. The van der Waals surface area contributed by atoms with Crippen molar-refractivity contribution in [3.63, 3.8) is 0 Å². The number of aromatic nitrogens is 3. The van der Waals surface area contributed by atoms with E-state index in [2.05, 4.69) is 28.4 Å². The average molecular weight is 282 g/mol. The molecule has 108 valence electrons. The monoisotopic (exact) mass is 282 g/mol. The molecule has 5 heteroatoms. The third kappa shape index (κ3) is 2.48. The highest BCUT2D eigenvalue weighted by atomic mass is 16.5. The Labute approximate surface area is 123 Å². The normalized spacial score (nSPS) is 12.5. The molecule has 0 bridgehead atoms. The molecule has 0 aliphatic heterocycles. The lowest BCUT2D eigenvalue weighted by molar-refractivity contribution is 0.404. The van der Waals surface area contributed by atoms with Gasteiger partial charge in [-0.1, -0.05) is 25.1 Å². The summed E-state index contributed by atoms with van der Waals surface area (Å²) in [5.41, 5.74) is 3.18. The van der Waals surface area contributed by atoms with Gasteiger partial charge in [-0.05, 0) is 12.6 Å². The number of rotatable bonds is 5. The smallest absolute Gasteiger partial charge is 0.123 e. The lowest BCUT2D eigenvalue weighted by Crippen LogP contribution is -2.22. The summed E-state index contributed by atoms with van der Waals surface area (Å²) in [4.78, 5) is 4.20. The van der Waals surface area contributed by atoms with Gasteiger partial charge in [0.25, 0.3) is 0 Å². The standard InChI is InChI=1S/C16H18N4O/c1-3-18-16(12-6-4-5-7-15(12)21-2)13-10-19-20-9-8-17-11-14(13)20/h4-11,16,18H,3H2,1-2H3. The van der Waals surface area contributed by atoms with Crippen LogP contribution in [0.5, 0.6) is 5.75 Å². The van der Waals surface area contributed by atoms with Crippen LogP contribution in [0.2, 0.25) is 0 Å². The van der Waals surface area contributed by atoms with Crippen LogP contribution in [0.4, 0.5) is 0 Å². The van der Waals surface area contributed by atoms with Crippen LogP contribution in [0.1, 0.15) is 24.1 Å². The molecule has 0 spiro atoms. The van der Waals surface area contributed by atoms with Gasteiger partial charge in [0.2, 0.25) is 0 Å². The highest BCUT2D eigenvalue weighted by Gasteiger charge is 2.20. The zero-order chi connectivity index (χ0) is 14.7. The summed E-state index contributed by atoms with van der Waals surface area (Å²) >= 11 is 0. The Balaban J connectivity index is 2.13. The van der Waals surface area contributed by atoms with E-state index >= 15 is 0 Å². The van der Waals surface area contributed by atoms with Gasteiger partial charge in [-0.2, -0.15) is 5.10 Å². The Morgan fingerprint density at radius 3 is 2.90 bits per heavy atom. The van der Waals surface area contributed by atoms with Gasteiger partial charge in [0, 0.05) is 23.5 Å². The van der Waals surface area contributed by atoms with Gasteiger partial charge in [0.05, 0.1) is 31.1 Å². The first-order chi connectivity index (χ1) is 10.3. The van der Waals surface area contributed by atoms with Crippen molar-refractivity contribution in [1.82, 2.24) is 19.9 Å². The highest BCUT2D eigenvalue weighted by molar-refractivity contribution is 5.57. The number of nitrogens with zero attached hydrogens (tertiary/aromatic N) is 3. The van der Waals surface area contributed by atoms with Crippen molar-refractivity contribution < 1.29 is 4.74 Å². The van der Waals surface area contributed by atoms with Crippen molar-refractivity contribution in [2.75, 3.05) is 13.7 Å². The second kappa shape index (κ2) is 5.93. The molecular weight excluding hydrogens is 264 g/mol. The van der Waals surface area contributed by atoms with Crippen molar-refractivity contribution in [1.29, 1.82) is 0 Å². The molecule has 3 rings (SSSR count). The van der Waals surface area contributed by atoms with Gasteiger partial charge in [-0.15, -0.1) is 0 Å². The van der Waals surface area contributed by atoms with E-state index in [0.29, 0.717) is 0 Å². The van der Waals surface area contributed by atoms with Crippen LogP contribution in [0.3, 0.4) is 0 Å². The minimum atomic E-state index is 0.0212. The fourth-order valence-corrected chi connectivity index (χ4v) is 2.57. The molecule has 0 radical (unpaired) electrons. The maximum absolute atomic E-state index is 5.50. The van der Waals surface area contributed by atoms with Gasteiger partial charge in [-0.3, -0.25) is 4.98 Å². The molecule has 0 aliphatic carbocycles. The largest absolute Gasteiger partial charge is 0.496 e. The summed E-state index contributed by atoms with van der Waals surface area (Å²) in [5, 5.41) is 7.91. The first kappa shape index (κ1) is 13.6. The molecule has 3 aromatic rings. The molecule has 21 heavy (non-hydrogen) atoms. The lowest BCUT2D eigenvalue weighted by atomic mass is 9.99. The Hall–Kier alpha value is -2.40. The molecule has 2 heterocycles. The maximum Gasteiger partial charge on any atom is 0.123 e. The van der Waals surface area contributed by atoms with Crippen LogP contribution in [0, 0.1) is 0 Å². The van der Waals surface area contributed by atoms with E-state index in [-0.39, 0.29) is 6.04 Å². The van der Waals surface area contributed by atoms with Crippen LogP contribution in [0.25, 0.3) is 5.52 Å². The first-order valence-electron chi connectivity index (χ1n) is 6.98. The molecule has 0 saturated carbocycles. The van der Waals surface area contributed by atoms with E-state index in [1.165, 1.54) is 0 Å². The summed E-state index contributed by atoms with van der Waals surface area (Å²) in [6.45, 7) is 2.94. The van der Waals surface area contributed by atoms with Crippen LogP contribution in [-0.2, 0) is 0 Å². The van der Waals surface area contributed by atoms with E-state index in [0.717, 1.165) is 28.9 Å². The average Bonchev–Trinajstić information content (AvgIpc) is 2.96. The van der Waals surface area contributed by atoms with E-state index in [4.69, 9.17) is 4.74 Å². The number of ether oxygens (including phenoxy) is 1. The predicted molar refractivity (Wildman–Crippen MR) is 81.5 cm³/mol. The number of para-hydroxylation sites is 1. The van der Waals surface area contributed by atoms with Crippen molar-refractivity contribution in [3.8, 4) is 5.75 Å². The molecule has 0 saturated heterocycles. The number of hydrogen-bond acceptors (Lipinski definition) is 4. The van der Waals surface area contributed by atoms with Gasteiger partial charge >= 0.3 is 0 Å². The summed E-state index contributed by atoms with van der Waals surface area (Å²) in [6, 6.07) is 8.07. The SMILES string of the molecule is CCNC(c1ccccc1OC)c1cnn2ccncc12. The third-order valence-corrected chi connectivity index (χ3v) is 3.52. The second-order valence-corrected chi connectivity index (χ2v) is 4.74. The Bertz CT molecular complexity index is 738. The molecule has 2 aromatic heterocycles. The lowest BCUT2D eigenvalue weighted by Gasteiger charge is -2.20. The molecule has 5 nitrogen and oxygen atoms in total. The summed E-state index contributed by atoms with van der Waals surface area (Å²) in [5.74, 6) is 0.867.